The van der Waals surface area contributed by atoms with E-state index in [0.717, 1.165) is 41.5 Å². The lowest BCUT2D eigenvalue weighted by Crippen LogP contribution is -2.44. The molecule has 4 rings (SSSR count). The molecule has 5 nitrogen and oxygen atoms in total. The third-order valence-corrected chi connectivity index (χ3v) is 5.72. The number of ether oxygens (including phenoxy) is 1. The lowest BCUT2D eigenvalue weighted by Gasteiger charge is -2.33. The number of thiazole rings is 1. The number of hydrogen-bond donors (Lipinski definition) is 0. The summed E-state index contributed by atoms with van der Waals surface area (Å²) in [6.45, 7) is 1.47. The second-order valence-electron chi connectivity index (χ2n) is 6.89. The number of hydrogen-bond acceptors (Lipinski definition) is 5. The van der Waals surface area contributed by atoms with Crippen molar-refractivity contribution in [1.29, 1.82) is 0 Å². The van der Waals surface area contributed by atoms with Gasteiger partial charge in [-0.15, -0.1) is 11.3 Å². The van der Waals surface area contributed by atoms with Crippen molar-refractivity contribution in [2.75, 3.05) is 13.1 Å². The number of aryl methyl sites for hydroxylation is 1. The third-order valence-electron chi connectivity index (χ3n) is 4.81. The Morgan fingerprint density at radius 1 is 1.18 bits per heavy atom. The third kappa shape index (κ3) is 4.75. The molecule has 1 fully saturated rings. The van der Waals surface area contributed by atoms with E-state index in [9.17, 15) is 4.79 Å². The predicted octanol–water partition coefficient (Wildman–Crippen LogP) is 4.21. The Hall–Kier alpha value is -2.73. The standard InChI is InChI=1S/C22H23N3O2S/c26-21(12-11-17-16-28-22(24-17)20-10-4-5-13-23-20)25-14-6-9-19(15-25)27-18-7-2-1-3-8-18/h1-5,7-8,10,13,16,19H,6,9,11-12,14-15H2. The highest BCUT2D eigenvalue weighted by atomic mass is 32.1. The molecule has 6 heteroatoms. The van der Waals surface area contributed by atoms with Crippen LogP contribution in [0.4, 0.5) is 0 Å². The number of benzene rings is 1. The van der Waals surface area contributed by atoms with Gasteiger partial charge in [-0.05, 0) is 43.5 Å². The maximum absolute atomic E-state index is 12.7. The fraction of sp³-hybridized carbons (Fsp3) is 0.318. The maximum Gasteiger partial charge on any atom is 0.223 e. The summed E-state index contributed by atoms with van der Waals surface area (Å²) in [7, 11) is 0. The number of carbonyl (C=O) groups excluding carboxylic acids is 1. The largest absolute Gasteiger partial charge is 0.489 e. The number of pyridine rings is 1. The summed E-state index contributed by atoms with van der Waals surface area (Å²) in [5, 5.41) is 2.92. The Morgan fingerprint density at radius 2 is 2.04 bits per heavy atom. The van der Waals surface area contributed by atoms with Gasteiger partial charge in [0, 0.05) is 24.5 Å². The average molecular weight is 394 g/mol. The van der Waals surface area contributed by atoms with E-state index in [0.29, 0.717) is 19.4 Å². The lowest BCUT2D eigenvalue weighted by atomic mass is 10.1. The van der Waals surface area contributed by atoms with Gasteiger partial charge in [-0.25, -0.2) is 4.98 Å². The van der Waals surface area contributed by atoms with Crippen LogP contribution in [-0.4, -0.2) is 40.0 Å². The van der Waals surface area contributed by atoms with Gasteiger partial charge in [-0.3, -0.25) is 9.78 Å². The van der Waals surface area contributed by atoms with E-state index >= 15 is 0 Å². The Morgan fingerprint density at radius 3 is 2.86 bits per heavy atom. The molecule has 1 saturated heterocycles. The van der Waals surface area contributed by atoms with Crippen molar-refractivity contribution in [3.8, 4) is 16.5 Å². The highest BCUT2D eigenvalue weighted by Gasteiger charge is 2.24. The molecule has 1 atom stereocenters. The second kappa shape index (κ2) is 8.97. The summed E-state index contributed by atoms with van der Waals surface area (Å²) in [6, 6.07) is 15.6. The van der Waals surface area contributed by atoms with Crippen LogP contribution in [0.2, 0.25) is 0 Å². The van der Waals surface area contributed by atoms with Gasteiger partial charge in [0.2, 0.25) is 5.91 Å². The van der Waals surface area contributed by atoms with E-state index in [1.165, 1.54) is 0 Å². The molecule has 0 bridgehead atoms. The van der Waals surface area contributed by atoms with Crippen LogP contribution < -0.4 is 4.74 Å². The van der Waals surface area contributed by atoms with Crippen LogP contribution in [0.3, 0.4) is 0 Å². The summed E-state index contributed by atoms with van der Waals surface area (Å²) in [6.07, 6.45) is 4.92. The number of nitrogens with zero attached hydrogens (tertiary/aromatic N) is 3. The Bertz CT molecular complexity index is 898. The maximum atomic E-state index is 12.7. The Kier molecular flexibility index (Phi) is 5.97. The van der Waals surface area contributed by atoms with Crippen LogP contribution in [0.5, 0.6) is 5.75 Å². The fourth-order valence-electron chi connectivity index (χ4n) is 3.37. The molecule has 1 aliphatic rings. The molecule has 3 aromatic rings. The van der Waals surface area contributed by atoms with E-state index in [2.05, 4.69) is 9.97 Å². The fourth-order valence-corrected chi connectivity index (χ4v) is 4.20. The van der Waals surface area contributed by atoms with Crippen LogP contribution >= 0.6 is 11.3 Å². The molecule has 1 aliphatic heterocycles. The van der Waals surface area contributed by atoms with Gasteiger partial charge < -0.3 is 9.64 Å². The van der Waals surface area contributed by atoms with E-state index in [1.54, 1.807) is 17.5 Å². The zero-order valence-corrected chi connectivity index (χ0v) is 16.5. The number of rotatable bonds is 6. The van der Waals surface area contributed by atoms with Crippen molar-refractivity contribution in [3.05, 3.63) is 65.8 Å². The molecule has 1 amide bonds. The summed E-state index contributed by atoms with van der Waals surface area (Å²) in [4.78, 5) is 23.6. The number of aromatic nitrogens is 2. The van der Waals surface area contributed by atoms with E-state index < -0.39 is 0 Å². The molecule has 3 heterocycles. The summed E-state index contributed by atoms with van der Waals surface area (Å²) in [5.41, 5.74) is 1.83. The number of carbonyl (C=O) groups is 1. The van der Waals surface area contributed by atoms with E-state index in [1.807, 2.05) is 58.8 Å². The first-order valence-corrected chi connectivity index (χ1v) is 10.5. The zero-order valence-electron chi connectivity index (χ0n) is 15.7. The first-order valence-electron chi connectivity index (χ1n) is 9.63. The van der Waals surface area contributed by atoms with Crippen molar-refractivity contribution in [2.45, 2.75) is 31.8 Å². The molecular formula is C22H23N3O2S. The van der Waals surface area contributed by atoms with Crippen molar-refractivity contribution in [1.82, 2.24) is 14.9 Å². The van der Waals surface area contributed by atoms with Gasteiger partial charge in [-0.1, -0.05) is 24.3 Å². The molecule has 1 unspecified atom stereocenters. The summed E-state index contributed by atoms with van der Waals surface area (Å²) >= 11 is 1.57. The van der Waals surface area contributed by atoms with Gasteiger partial charge in [0.25, 0.3) is 0 Å². The van der Waals surface area contributed by atoms with Crippen LogP contribution in [0, 0.1) is 0 Å². The van der Waals surface area contributed by atoms with Crippen LogP contribution in [0.25, 0.3) is 10.7 Å². The SMILES string of the molecule is O=C(CCc1csc(-c2ccccn2)n1)N1CCCC(Oc2ccccc2)C1. The Balaban J connectivity index is 1.29. The Labute approximate surface area is 169 Å². The first-order chi connectivity index (χ1) is 13.8. The van der Waals surface area contributed by atoms with Gasteiger partial charge in [0.1, 0.15) is 16.9 Å². The minimum Gasteiger partial charge on any atom is -0.489 e. The zero-order chi connectivity index (χ0) is 19.2. The molecule has 28 heavy (non-hydrogen) atoms. The van der Waals surface area contributed by atoms with Crippen molar-refractivity contribution in [3.63, 3.8) is 0 Å². The number of likely N-dealkylation sites (tertiary alicyclic amines) is 1. The lowest BCUT2D eigenvalue weighted by molar-refractivity contribution is -0.133. The van der Waals surface area contributed by atoms with Gasteiger partial charge in [-0.2, -0.15) is 0 Å². The predicted molar refractivity (Wildman–Crippen MR) is 110 cm³/mol. The van der Waals surface area contributed by atoms with Crippen molar-refractivity contribution < 1.29 is 9.53 Å². The molecule has 0 N–H and O–H groups in total. The average Bonchev–Trinajstić information content (AvgIpc) is 3.23. The monoisotopic (exact) mass is 393 g/mol. The van der Waals surface area contributed by atoms with Gasteiger partial charge in [0.05, 0.1) is 17.9 Å². The van der Waals surface area contributed by atoms with Gasteiger partial charge >= 0.3 is 0 Å². The molecule has 0 spiro atoms. The second-order valence-corrected chi connectivity index (χ2v) is 7.75. The molecule has 2 aromatic heterocycles. The van der Waals surface area contributed by atoms with Crippen LogP contribution in [0.1, 0.15) is 25.0 Å². The van der Waals surface area contributed by atoms with E-state index in [4.69, 9.17) is 4.74 Å². The topological polar surface area (TPSA) is 55.3 Å². The minimum absolute atomic E-state index is 0.0649. The highest BCUT2D eigenvalue weighted by Crippen LogP contribution is 2.23. The molecule has 0 aliphatic carbocycles. The molecule has 0 saturated carbocycles. The number of para-hydroxylation sites is 1. The van der Waals surface area contributed by atoms with Crippen LogP contribution in [0.15, 0.2) is 60.1 Å². The number of piperidine rings is 1. The molecule has 0 radical (unpaired) electrons. The molecule has 144 valence electrons. The highest BCUT2D eigenvalue weighted by molar-refractivity contribution is 7.13. The molecular weight excluding hydrogens is 370 g/mol. The van der Waals surface area contributed by atoms with Crippen molar-refractivity contribution >= 4 is 17.2 Å². The first kappa shape index (κ1) is 18.6. The van der Waals surface area contributed by atoms with Gasteiger partial charge in [0.15, 0.2) is 0 Å². The van der Waals surface area contributed by atoms with E-state index in [-0.39, 0.29) is 12.0 Å². The quantitative estimate of drug-likeness (QED) is 0.630. The molecule has 1 aromatic carbocycles. The smallest absolute Gasteiger partial charge is 0.223 e. The summed E-state index contributed by atoms with van der Waals surface area (Å²) < 4.78 is 6.04. The summed E-state index contributed by atoms with van der Waals surface area (Å²) in [5.74, 6) is 1.04. The minimum atomic E-state index is 0.0649. The van der Waals surface area contributed by atoms with Crippen LogP contribution in [-0.2, 0) is 11.2 Å². The van der Waals surface area contributed by atoms with Crippen molar-refractivity contribution in [2.24, 2.45) is 0 Å². The number of amides is 1. The normalized spacial score (nSPS) is 16.7.